The van der Waals surface area contributed by atoms with Crippen LogP contribution in [0.25, 0.3) is 0 Å². The third kappa shape index (κ3) is 7.25. The number of hydrogen-bond donors (Lipinski definition) is 1. The van der Waals surface area contributed by atoms with Crippen LogP contribution in [0.5, 0.6) is 17.2 Å². The van der Waals surface area contributed by atoms with E-state index < -0.39 is 10.0 Å². The van der Waals surface area contributed by atoms with Gasteiger partial charge in [-0.05, 0) is 60.2 Å². The Morgan fingerprint density at radius 1 is 0.838 bits per heavy atom. The summed E-state index contributed by atoms with van der Waals surface area (Å²) < 4.78 is 37.6. The lowest BCUT2D eigenvalue weighted by Gasteiger charge is -2.23. The lowest BCUT2D eigenvalue weighted by Crippen LogP contribution is -2.29. The van der Waals surface area contributed by atoms with E-state index in [1.807, 2.05) is 36.4 Å². The second-order valence-electron chi connectivity index (χ2n) is 8.10. The van der Waals surface area contributed by atoms with Crippen molar-refractivity contribution in [2.45, 2.75) is 6.54 Å². The number of carbonyl (C=O) groups is 1. The van der Waals surface area contributed by atoms with Crippen LogP contribution in [0.2, 0.25) is 5.02 Å². The van der Waals surface area contributed by atoms with E-state index >= 15 is 0 Å². The van der Waals surface area contributed by atoms with E-state index in [-0.39, 0.29) is 19.1 Å². The fourth-order valence-corrected chi connectivity index (χ4v) is 4.57. The minimum atomic E-state index is -3.57. The zero-order chi connectivity index (χ0) is 26.3. The summed E-state index contributed by atoms with van der Waals surface area (Å²) in [4.78, 5) is 12.5. The Kier molecular flexibility index (Phi) is 8.32. The van der Waals surface area contributed by atoms with Crippen LogP contribution in [0.15, 0.2) is 103 Å². The van der Waals surface area contributed by atoms with Crippen molar-refractivity contribution in [3.63, 3.8) is 0 Å². The Bertz CT molecular complexity index is 1460. The molecule has 0 unspecified atom stereocenters. The summed E-state index contributed by atoms with van der Waals surface area (Å²) in [6, 6.07) is 29.9. The van der Waals surface area contributed by atoms with Gasteiger partial charge in [-0.1, -0.05) is 60.1 Å². The van der Waals surface area contributed by atoms with Crippen molar-refractivity contribution in [2.24, 2.45) is 0 Å². The molecule has 37 heavy (non-hydrogen) atoms. The minimum Gasteiger partial charge on any atom is -0.484 e. The van der Waals surface area contributed by atoms with Gasteiger partial charge in [0, 0.05) is 5.02 Å². The number of hydrogen-bond acceptors (Lipinski definition) is 5. The third-order valence-electron chi connectivity index (χ3n) is 5.30. The standard InChI is InChI=1S/C28H25ClN2O5S/c1-37(33,34)31(19-21-9-5-6-12-25(21)29)22-15-17-23(18-16-22)35-20-28(32)30-26-13-7-8-14-27(26)36-24-10-3-2-4-11-24/h2-18H,19-20H2,1H3,(H,30,32). The number of nitrogens with zero attached hydrogens (tertiary/aromatic N) is 1. The number of ether oxygens (including phenoxy) is 2. The second-order valence-corrected chi connectivity index (χ2v) is 10.4. The summed E-state index contributed by atoms with van der Waals surface area (Å²) in [6.45, 7) is -0.153. The first-order valence-corrected chi connectivity index (χ1v) is 13.6. The normalized spacial score (nSPS) is 11.0. The predicted octanol–water partition coefficient (Wildman–Crippen LogP) is 6.12. The quantitative estimate of drug-likeness (QED) is 0.264. The number of anilines is 2. The number of sulfonamides is 1. The first-order valence-electron chi connectivity index (χ1n) is 11.4. The molecule has 9 heteroatoms. The van der Waals surface area contributed by atoms with Crippen molar-refractivity contribution in [2.75, 3.05) is 22.5 Å². The van der Waals surface area contributed by atoms with Crippen LogP contribution in [0.4, 0.5) is 11.4 Å². The van der Waals surface area contributed by atoms with Gasteiger partial charge >= 0.3 is 0 Å². The highest BCUT2D eigenvalue weighted by Crippen LogP contribution is 2.29. The number of carbonyl (C=O) groups excluding carboxylic acids is 1. The molecule has 0 saturated heterocycles. The Morgan fingerprint density at radius 3 is 2.19 bits per heavy atom. The van der Waals surface area contributed by atoms with Gasteiger partial charge in [-0.25, -0.2) is 8.42 Å². The highest BCUT2D eigenvalue weighted by atomic mass is 35.5. The summed E-state index contributed by atoms with van der Waals surface area (Å²) >= 11 is 6.22. The molecular formula is C28H25ClN2O5S. The molecule has 0 aromatic heterocycles. The highest BCUT2D eigenvalue weighted by molar-refractivity contribution is 7.92. The van der Waals surface area contributed by atoms with Gasteiger partial charge in [-0.2, -0.15) is 0 Å². The van der Waals surface area contributed by atoms with Crippen LogP contribution in [0.3, 0.4) is 0 Å². The third-order valence-corrected chi connectivity index (χ3v) is 6.81. The topological polar surface area (TPSA) is 84.9 Å². The molecule has 0 bridgehead atoms. The molecule has 0 atom stereocenters. The zero-order valence-corrected chi connectivity index (χ0v) is 21.6. The summed E-state index contributed by atoms with van der Waals surface area (Å²) in [5.41, 5.74) is 1.65. The van der Waals surface area contributed by atoms with Crippen LogP contribution in [-0.4, -0.2) is 27.2 Å². The summed E-state index contributed by atoms with van der Waals surface area (Å²) in [5.74, 6) is 1.20. The molecule has 0 saturated carbocycles. The van der Waals surface area contributed by atoms with Crippen LogP contribution in [0, 0.1) is 0 Å². The maximum Gasteiger partial charge on any atom is 0.262 e. The van der Waals surface area contributed by atoms with Crippen molar-refractivity contribution < 1.29 is 22.7 Å². The van der Waals surface area contributed by atoms with Crippen molar-refractivity contribution in [3.05, 3.63) is 114 Å². The molecule has 0 aliphatic heterocycles. The van der Waals surface area contributed by atoms with E-state index in [0.29, 0.717) is 39.2 Å². The fraction of sp³-hybridized carbons (Fsp3) is 0.107. The summed E-state index contributed by atoms with van der Waals surface area (Å²) in [5, 5.41) is 3.28. The number of rotatable bonds is 10. The lowest BCUT2D eigenvalue weighted by molar-refractivity contribution is -0.118. The lowest BCUT2D eigenvalue weighted by atomic mass is 10.2. The number of para-hydroxylation sites is 3. The summed E-state index contributed by atoms with van der Waals surface area (Å²) in [6.07, 6.45) is 1.14. The minimum absolute atomic E-state index is 0.0889. The van der Waals surface area contributed by atoms with Crippen LogP contribution in [-0.2, 0) is 21.4 Å². The molecule has 0 fully saturated rings. The highest BCUT2D eigenvalue weighted by Gasteiger charge is 2.19. The zero-order valence-electron chi connectivity index (χ0n) is 20.0. The van der Waals surface area contributed by atoms with Gasteiger partial charge in [0.25, 0.3) is 5.91 Å². The van der Waals surface area contributed by atoms with Crippen molar-refractivity contribution in [1.82, 2.24) is 0 Å². The molecule has 190 valence electrons. The first-order chi connectivity index (χ1) is 17.8. The average molecular weight is 537 g/mol. The van der Waals surface area contributed by atoms with Crippen LogP contribution < -0.4 is 19.1 Å². The number of halogens is 1. The van der Waals surface area contributed by atoms with E-state index in [4.69, 9.17) is 21.1 Å². The molecule has 4 rings (SSSR count). The number of amides is 1. The van der Waals surface area contributed by atoms with E-state index in [1.54, 1.807) is 66.7 Å². The van der Waals surface area contributed by atoms with Crippen molar-refractivity contribution in [1.29, 1.82) is 0 Å². The number of benzene rings is 4. The summed E-state index contributed by atoms with van der Waals surface area (Å²) in [7, 11) is -3.57. The van der Waals surface area contributed by atoms with E-state index in [1.165, 1.54) is 4.31 Å². The van der Waals surface area contributed by atoms with Gasteiger partial charge < -0.3 is 14.8 Å². The van der Waals surface area contributed by atoms with Gasteiger partial charge in [0.15, 0.2) is 12.4 Å². The second kappa shape index (κ2) is 11.8. The van der Waals surface area contributed by atoms with E-state index in [0.717, 1.165) is 6.26 Å². The smallest absolute Gasteiger partial charge is 0.262 e. The van der Waals surface area contributed by atoms with E-state index in [9.17, 15) is 13.2 Å². The van der Waals surface area contributed by atoms with Gasteiger partial charge in [0.1, 0.15) is 11.5 Å². The maximum absolute atomic E-state index is 12.5. The molecular weight excluding hydrogens is 512 g/mol. The Labute approximate surface area is 221 Å². The SMILES string of the molecule is CS(=O)(=O)N(Cc1ccccc1Cl)c1ccc(OCC(=O)Nc2ccccc2Oc2ccccc2)cc1. The van der Waals surface area contributed by atoms with Crippen LogP contribution >= 0.6 is 11.6 Å². The van der Waals surface area contributed by atoms with Gasteiger partial charge in [0.2, 0.25) is 10.0 Å². The van der Waals surface area contributed by atoms with E-state index in [2.05, 4.69) is 5.32 Å². The molecule has 4 aromatic rings. The van der Waals surface area contributed by atoms with Crippen molar-refractivity contribution >= 4 is 38.9 Å². The first kappa shape index (κ1) is 26.1. The molecule has 0 radical (unpaired) electrons. The monoisotopic (exact) mass is 536 g/mol. The maximum atomic E-state index is 12.5. The molecule has 0 aliphatic rings. The predicted molar refractivity (Wildman–Crippen MR) is 146 cm³/mol. The Hall–Kier alpha value is -4.01. The molecule has 0 heterocycles. The molecule has 7 nitrogen and oxygen atoms in total. The van der Waals surface area contributed by atoms with Gasteiger partial charge in [-0.15, -0.1) is 0 Å². The molecule has 4 aromatic carbocycles. The molecule has 0 aliphatic carbocycles. The van der Waals surface area contributed by atoms with Gasteiger partial charge in [-0.3, -0.25) is 9.10 Å². The largest absolute Gasteiger partial charge is 0.484 e. The average Bonchev–Trinajstić information content (AvgIpc) is 2.88. The Balaban J connectivity index is 1.39. The van der Waals surface area contributed by atoms with Crippen molar-refractivity contribution in [3.8, 4) is 17.2 Å². The molecule has 1 N–H and O–H groups in total. The van der Waals surface area contributed by atoms with Crippen LogP contribution in [0.1, 0.15) is 5.56 Å². The molecule has 0 spiro atoms. The fourth-order valence-electron chi connectivity index (χ4n) is 3.50. The van der Waals surface area contributed by atoms with Gasteiger partial charge in [0.05, 0.1) is 24.2 Å². The molecule has 1 amide bonds. The number of nitrogens with one attached hydrogen (secondary N) is 1. The Morgan fingerprint density at radius 2 is 1.49 bits per heavy atom.